The molecular weight excluding hydrogens is 422 g/mol. The Kier molecular flexibility index (Phi) is 6.84. The molecule has 7 nitrogen and oxygen atoms in total. The molecule has 2 saturated heterocycles. The number of benzene rings is 1. The van der Waals surface area contributed by atoms with E-state index in [2.05, 4.69) is 20.4 Å². The number of hydrogen-bond acceptors (Lipinski definition) is 6. The van der Waals surface area contributed by atoms with E-state index in [0.717, 1.165) is 67.5 Å². The van der Waals surface area contributed by atoms with Crippen LogP contribution < -0.4 is 15.1 Å². The quantitative estimate of drug-likeness (QED) is 0.735. The maximum absolute atomic E-state index is 12.5. The summed E-state index contributed by atoms with van der Waals surface area (Å²) in [7, 11) is 0. The molecule has 2 aromatic rings. The highest BCUT2D eigenvalue weighted by molar-refractivity contribution is 7.19. The molecule has 0 aliphatic carbocycles. The molecule has 4 rings (SSSR count). The highest BCUT2D eigenvalue weighted by atomic mass is 35.5. The van der Waals surface area contributed by atoms with Gasteiger partial charge < -0.3 is 10.2 Å². The van der Waals surface area contributed by atoms with Gasteiger partial charge in [0.25, 0.3) is 0 Å². The summed E-state index contributed by atoms with van der Waals surface area (Å²) in [4.78, 5) is 28.5. The van der Waals surface area contributed by atoms with Crippen molar-refractivity contribution in [1.29, 1.82) is 0 Å². The Morgan fingerprint density at radius 2 is 1.83 bits per heavy atom. The number of aromatic nitrogens is 2. The predicted octanol–water partition coefficient (Wildman–Crippen LogP) is 3.28. The lowest BCUT2D eigenvalue weighted by Crippen LogP contribution is -2.41. The van der Waals surface area contributed by atoms with Gasteiger partial charge in [0.05, 0.1) is 0 Å². The highest BCUT2D eigenvalue weighted by Crippen LogP contribution is 2.31. The van der Waals surface area contributed by atoms with Crippen LogP contribution in [0.2, 0.25) is 5.02 Å². The lowest BCUT2D eigenvalue weighted by Gasteiger charge is -2.30. The van der Waals surface area contributed by atoms with Crippen molar-refractivity contribution >= 4 is 45.0 Å². The van der Waals surface area contributed by atoms with E-state index in [4.69, 9.17) is 11.6 Å². The molecule has 1 aromatic heterocycles. The number of anilines is 2. The van der Waals surface area contributed by atoms with E-state index in [0.29, 0.717) is 18.1 Å². The van der Waals surface area contributed by atoms with Crippen LogP contribution in [0, 0.1) is 5.92 Å². The minimum atomic E-state index is 0.0301. The van der Waals surface area contributed by atoms with Crippen molar-refractivity contribution in [1.82, 2.24) is 15.5 Å². The topological polar surface area (TPSA) is 78.4 Å². The lowest BCUT2D eigenvalue weighted by atomic mass is 9.96. The number of piperidine rings is 2. The second-order valence-corrected chi connectivity index (χ2v) is 9.17. The second-order valence-electron chi connectivity index (χ2n) is 7.80. The molecule has 2 aliphatic heterocycles. The third-order valence-electron chi connectivity index (χ3n) is 5.72. The third kappa shape index (κ3) is 5.10. The molecule has 30 heavy (non-hydrogen) atoms. The zero-order valence-electron chi connectivity index (χ0n) is 16.8. The monoisotopic (exact) mass is 447 g/mol. The Morgan fingerprint density at radius 3 is 2.57 bits per heavy atom. The molecule has 1 N–H and O–H groups in total. The van der Waals surface area contributed by atoms with Crippen LogP contribution in [0.15, 0.2) is 24.3 Å². The van der Waals surface area contributed by atoms with Gasteiger partial charge in [0.2, 0.25) is 22.1 Å². The molecule has 160 valence electrons. The standard InChI is InChI=1S/C21H26ClN5O2S/c22-17-6-4-15(5-7-17)8-11-23-19(29)16-9-13-26(14-10-16)20-24-25-21(30-20)27-12-2-1-3-18(27)28/h4-7,16H,1-3,8-14H2,(H,23,29). The molecular formula is C21H26ClN5O2S. The number of halogens is 1. The van der Waals surface area contributed by atoms with Gasteiger partial charge in [0.15, 0.2) is 0 Å². The van der Waals surface area contributed by atoms with Gasteiger partial charge in [0, 0.05) is 43.5 Å². The average molecular weight is 448 g/mol. The molecule has 0 bridgehead atoms. The summed E-state index contributed by atoms with van der Waals surface area (Å²) in [5.41, 5.74) is 1.16. The summed E-state index contributed by atoms with van der Waals surface area (Å²) < 4.78 is 0. The van der Waals surface area contributed by atoms with Crippen LogP contribution in [0.3, 0.4) is 0 Å². The molecule has 0 radical (unpaired) electrons. The van der Waals surface area contributed by atoms with Crippen LogP contribution in [-0.4, -0.2) is 48.2 Å². The molecule has 2 aliphatic rings. The van der Waals surface area contributed by atoms with Crippen molar-refractivity contribution < 1.29 is 9.59 Å². The van der Waals surface area contributed by atoms with Gasteiger partial charge in [0.1, 0.15) is 0 Å². The summed E-state index contributed by atoms with van der Waals surface area (Å²) in [5.74, 6) is 0.293. The number of nitrogens with zero attached hydrogens (tertiary/aromatic N) is 4. The van der Waals surface area contributed by atoms with Crippen molar-refractivity contribution in [3.8, 4) is 0 Å². The number of amides is 2. The van der Waals surface area contributed by atoms with Crippen molar-refractivity contribution in [2.45, 2.75) is 38.5 Å². The molecule has 1 aromatic carbocycles. The Morgan fingerprint density at radius 1 is 1.10 bits per heavy atom. The maximum Gasteiger partial charge on any atom is 0.228 e. The van der Waals surface area contributed by atoms with Crippen molar-refractivity contribution in [3.63, 3.8) is 0 Å². The van der Waals surface area contributed by atoms with Crippen molar-refractivity contribution in [2.24, 2.45) is 5.92 Å². The van der Waals surface area contributed by atoms with E-state index in [-0.39, 0.29) is 17.7 Å². The van der Waals surface area contributed by atoms with E-state index in [1.165, 1.54) is 11.3 Å². The zero-order chi connectivity index (χ0) is 20.9. The number of rotatable bonds is 6. The number of carbonyl (C=O) groups excluding carboxylic acids is 2. The molecule has 2 fully saturated rings. The third-order valence-corrected chi connectivity index (χ3v) is 6.98. The first-order valence-corrected chi connectivity index (χ1v) is 11.7. The first-order valence-electron chi connectivity index (χ1n) is 10.5. The van der Waals surface area contributed by atoms with E-state index >= 15 is 0 Å². The van der Waals surface area contributed by atoms with Gasteiger partial charge >= 0.3 is 0 Å². The number of hydrogen-bond donors (Lipinski definition) is 1. The lowest BCUT2D eigenvalue weighted by molar-refractivity contribution is -0.125. The molecule has 9 heteroatoms. The van der Waals surface area contributed by atoms with Gasteiger partial charge in [-0.1, -0.05) is 35.1 Å². The Labute approximate surface area is 185 Å². The molecule has 0 saturated carbocycles. The molecule has 2 amide bonds. The summed E-state index contributed by atoms with van der Waals surface area (Å²) >= 11 is 7.37. The maximum atomic E-state index is 12.5. The predicted molar refractivity (Wildman–Crippen MR) is 119 cm³/mol. The van der Waals surface area contributed by atoms with Crippen molar-refractivity contribution in [3.05, 3.63) is 34.9 Å². The van der Waals surface area contributed by atoms with E-state index in [9.17, 15) is 9.59 Å². The fourth-order valence-corrected chi connectivity index (χ4v) is 4.98. The van der Waals surface area contributed by atoms with Crippen molar-refractivity contribution in [2.75, 3.05) is 36.0 Å². The van der Waals surface area contributed by atoms with Crippen LogP contribution >= 0.6 is 22.9 Å². The van der Waals surface area contributed by atoms with Gasteiger partial charge in [-0.3, -0.25) is 14.5 Å². The first-order chi connectivity index (χ1) is 14.6. The zero-order valence-corrected chi connectivity index (χ0v) is 18.4. The number of carbonyl (C=O) groups is 2. The number of nitrogens with one attached hydrogen (secondary N) is 1. The summed E-state index contributed by atoms with van der Waals surface area (Å²) in [6.07, 6.45) is 4.95. The minimum Gasteiger partial charge on any atom is -0.356 e. The van der Waals surface area contributed by atoms with Crippen LogP contribution in [-0.2, 0) is 16.0 Å². The fourth-order valence-electron chi connectivity index (χ4n) is 3.91. The first kappa shape index (κ1) is 21.1. The van der Waals surface area contributed by atoms with E-state index in [1.807, 2.05) is 24.3 Å². The highest BCUT2D eigenvalue weighted by Gasteiger charge is 2.28. The van der Waals surface area contributed by atoms with E-state index in [1.54, 1.807) is 4.90 Å². The molecule has 0 spiro atoms. The summed E-state index contributed by atoms with van der Waals surface area (Å²) in [5, 5.41) is 13.9. The van der Waals surface area contributed by atoms with Gasteiger partial charge in [-0.25, -0.2) is 0 Å². The van der Waals surface area contributed by atoms with E-state index < -0.39 is 0 Å². The van der Waals surface area contributed by atoms with Crippen LogP contribution in [0.5, 0.6) is 0 Å². The average Bonchev–Trinajstić information content (AvgIpc) is 3.25. The van der Waals surface area contributed by atoms with Gasteiger partial charge in [-0.05, 0) is 49.8 Å². The largest absolute Gasteiger partial charge is 0.356 e. The van der Waals surface area contributed by atoms with Crippen LogP contribution in [0.25, 0.3) is 0 Å². The van der Waals surface area contributed by atoms with Gasteiger partial charge in [-0.2, -0.15) is 0 Å². The Hall–Kier alpha value is -2.19. The second kappa shape index (κ2) is 9.75. The molecule has 3 heterocycles. The minimum absolute atomic E-state index is 0.0301. The normalized spacial score (nSPS) is 18.0. The molecule has 0 unspecified atom stereocenters. The molecule has 0 atom stereocenters. The SMILES string of the molecule is O=C(NCCc1ccc(Cl)cc1)C1CCN(c2nnc(N3CCCCC3=O)s2)CC1. The summed E-state index contributed by atoms with van der Waals surface area (Å²) in [6, 6.07) is 7.71. The van der Waals surface area contributed by atoms with Gasteiger partial charge in [-0.15, -0.1) is 10.2 Å². The summed E-state index contributed by atoms with van der Waals surface area (Å²) in [6.45, 7) is 2.91. The van der Waals surface area contributed by atoms with Crippen LogP contribution in [0.4, 0.5) is 10.3 Å². The Bertz CT molecular complexity index is 880. The Balaban J connectivity index is 1.23. The fraction of sp³-hybridized carbons (Fsp3) is 0.524. The van der Waals surface area contributed by atoms with Crippen LogP contribution in [0.1, 0.15) is 37.7 Å². The smallest absolute Gasteiger partial charge is 0.228 e.